The molecule has 1 aliphatic rings. The summed E-state index contributed by atoms with van der Waals surface area (Å²) in [5.74, 6) is 1.02. The van der Waals surface area contributed by atoms with Crippen LogP contribution in [0.5, 0.6) is 0 Å². The number of aromatic nitrogens is 1. The smallest absolute Gasteiger partial charge is 0.131 e. The van der Waals surface area contributed by atoms with Gasteiger partial charge in [-0.2, -0.15) is 0 Å². The molecule has 2 rings (SSSR count). The Hall–Kier alpha value is -0.610. The molecule has 0 aromatic carbocycles. The van der Waals surface area contributed by atoms with Crippen LogP contribution in [-0.4, -0.2) is 29.3 Å². The zero-order chi connectivity index (χ0) is 11.5. The standard InChI is InChI=1S/C12H17BrN2O/c1-9-7-10(13)8-14-12(9)15(5-6-16)11-3-2-4-11/h7-8,11,16H,2-6H2,1H3. The summed E-state index contributed by atoms with van der Waals surface area (Å²) >= 11 is 3.42. The summed E-state index contributed by atoms with van der Waals surface area (Å²) in [7, 11) is 0. The fourth-order valence-electron chi connectivity index (χ4n) is 2.10. The fourth-order valence-corrected chi connectivity index (χ4v) is 2.55. The van der Waals surface area contributed by atoms with Crippen molar-refractivity contribution >= 4 is 21.7 Å². The summed E-state index contributed by atoms with van der Waals surface area (Å²) in [6, 6.07) is 2.64. The molecular weight excluding hydrogens is 268 g/mol. The Morgan fingerprint density at radius 2 is 2.31 bits per heavy atom. The van der Waals surface area contributed by atoms with E-state index in [4.69, 9.17) is 5.11 Å². The van der Waals surface area contributed by atoms with Crippen molar-refractivity contribution in [2.75, 3.05) is 18.1 Å². The zero-order valence-corrected chi connectivity index (χ0v) is 11.1. The van der Waals surface area contributed by atoms with Crippen molar-refractivity contribution in [2.24, 2.45) is 0 Å². The highest BCUT2D eigenvalue weighted by molar-refractivity contribution is 9.10. The van der Waals surface area contributed by atoms with Crippen LogP contribution >= 0.6 is 15.9 Å². The number of aliphatic hydroxyl groups excluding tert-OH is 1. The number of hydrogen-bond acceptors (Lipinski definition) is 3. The Labute approximate surface area is 105 Å². The molecule has 0 atom stereocenters. The second kappa shape index (κ2) is 5.15. The average Bonchev–Trinajstić information content (AvgIpc) is 2.14. The molecule has 1 aromatic heterocycles. The molecule has 0 bridgehead atoms. The summed E-state index contributed by atoms with van der Waals surface area (Å²) < 4.78 is 1.01. The van der Waals surface area contributed by atoms with Crippen LogP contribution in [0.15, 0.2) is 16.7 Å². The molecule has 3 nitrogen and oxygen atoms in total. The summed E-state index contributed by atoms with van der Waals surface area (Å²) in [5.41, 5.74) is 1.16. The minimum Gasteiger partial charge on any atom is -0.395 e. The summed E-state index contributed by atoms with van der Waals surface area (Å²) in [5, 5.41) is 9.13. The van der Waals surface area contributed by atoms with Crippen molar-refractivity contribution in [1.29, 1.82) is 0 Å². The average molecular weight is 285 g/mol. The van der Waals surface area contributed by atoms with E-state index < -0.39 is 0 Å². The van der Waals surface area contributed by atoms with Gasteiger partial charge in [-0.05, 0) is 53.7 Å². The lowest BCUT2D eigenvalue weighted by molar-refractivity contribution is 0.283. The normalized spacial score (nSPS) is 15.9. The topological polar surface area (TPSA) is 36.4 Å². The van der Waals surface area contributed by atoms with Crippen LogP contribution in [0.1, 0.15) is 24.8 Å². The third-order valence-electron chi connectivity index (χ3n) is 3.15. The number of hydrogen-bond donors (Lipinski definition) is 1. The predicted molar refractivity (Wildman–Crippen MR) is 68.7 cm³/mol. The minimum absolute atomic E-state index is 0.188. The van der Waals surface area contributed by atoms with Gasteiger partial charge in [-0.1, -0.05) is 0 Å². The molecule has 1 fully saturated rings. The van der Waals surface area contributed by atoms with Gasteiger partial charge in [0.25, 0.3) is 0 Å². The van der Waals surface area contributed by atoms with Gasteiger partial charge >= 0.3 is 0 Å². The van der Waals surface area contributed by atoms with E-state index in [0.29, 0.717) is 12.6 Å². The summed E-state index contributed by atoms with van der Waals surface area (Å²) in [6.07, 6.45) is 5.56. The van der Waals surface area contributed by atoms with Crippen LogP contribution in [0.25, 0.3) is 0 Å². The van der Waals surface area contributed by atoms with Crippen LogP contribution in [0, 0.1) is 6.92 Å². The Morgan fingerprint density at radius 3 is 2.81 bits per heavy atom. The first-order valence-electron chi connectivity index (χ1n) is 5.72. The number of aliphatic hydroxyl groups is 1. The zero-order valence-electron chi connectivity index (χ0n) is 9.49. The van der Waals surface area contributed by atoms with Gasteiger partial charge < -0.3 is 10.0 Å². The highest BCUT2D eigenvalue weighted by Crippen LogP contribution is 2.30. The van der Waals surface area contributed by atoms with Crippen LogP contribution in [0.2, 0.25) is 0 Å². The highest BCUT2D eigenvalue weighted by atomic mass is 79.9. The Kier molecular flexibility index (Phi) is 3.82. The number of aryl methyl sites for hydroxylation is 1. The number of nitrogens with zero attached hydrogens (tertiary/aromatic N) is 2. The Bertz CT molecular complexity index is 366. The van der Waals surface area contributed by atoms with E-state index in [1.165, 1.54) is 19.3 Å². The van der Waals surface area contributed by atoms with Crippen molar-refractivity contribution in [3.8, 4) is 0 Å². The van der Waals surface area contributed by atoms with E-state index in [1.54, 1.807) is 0 Å². The first-order valence-corrected chi connectivity index (χ1v) is 6.51. The lowest BCUT2D eigenvalue weighted by Crippen LogP contribution is -2.42. The van der Waals surface area contributed by atoms with Crippen molar-refractivity contribution in [3.05, 3.63) is 22.3 Å². The van der Waals surface area contributed by atoms with Gasteiger partial charge in [-0.3, -0.25) is 0 Å². The van der Waals surface area contributed by atoms with Gasteiger partial charge in [-0.25, -0.2) is 4.98 Å². The molecule has 1 N–H and O–H groups in total. The monoisotopic (exact) mass is 284 g/mol. The van der Waals surface area contributed by atoms with Gasteiger partial charge in [0.2, 0.25) is 0 Å². The van der Waals surface area contributed by atoms with Crippen molar-refractivity contribution < 1.29 is 5.11 Å². The van der Waals surface area contributed by atoms with Gasteiger partial charge in [-0.15, -0.1) is 0 Å². The minimum atomic E-state index is 0.188. The van der Waals surface area contributed by atoms with Crippen LogP contribution in [0.3, 0.4) is 0 Å². The molecule has 16 heavy (non-hydrogen) atoms. The largest absolute Gasteiger partial charge is 0.395 e. The van der Waals surface area contributed by atoms with Gasteiger partial charge in [0, 0.05) is 23.3 Å². The molecule has 0 aliphatic heterocycles. The maximum atomic E-state index is 9.13. The summed E-state index contributed by atoms with van der Waals surface area (Å²) in [4.78, 5) is 6.71. The van der Waals surface area contributed by atoms with E-state index in [2.05, 4.69) is 38.8 Å². The fraction of sp³-hybridized carbons (Fsp3) is 0.583. The van der Waals surface area contributed by atoms with E-state index in [1.807, 2.05) is 6.20 Å². The number of rotatable bonds is 4. The van der Waals surface area contributed by atoms with Crippen LogP contribution in [-0.2, 0) is 0 Å². The van der Waals surface area contributed by atoms with E-state index in [-0.39, 0.29) is 6.61 Å². The molecular formula is C12H17BrN2O. The second-order valence-electron chi connectivity index (χ2n) is 4.30. The van der Waals surface area contributed by atoms with Gasteiger partial charge in [0.05, 0.1) is 6.61 Å². The van der Waals surface area contributed by atoms with Crippen molar-refractivity contribution in [1.82, 2.24) is 4.98 Å². The number of anilines is 1. The molecule has 0 unspecified atom stereocenters. The van der Waals surface area contributed by atoms with Crippen LogP contribution < -0.4 is 4.90 Å². The number of pyridine rings is 1. The molecule has 0 amide bonds. The first-order chi connectivity index (χ1) is 7.72. The summed E-state index contributed by atoms with van der Waals surface area (Å²) in [6.45, 7) is 2.93. The quantitative estimate of drug-likeness (QED) is 0.923. The Morgan fingerprint density at radius 1 is 1.56 bits per heavy atom. The maximum absolute atomic E-state index is 9.13. The number of halogens is 1. The lowest BCUT2D eigenvalue weighted by Gasteiger charge is -2.38. The molecule has 4 heteroatoms. The van der Waals surface area contributed by atoms with E-state index >= 15 is 0 Å². The molecule has 1 saturated carbocycles. The molecule has 1 aromatic rings. The Balaban J connectivity index is 2.23. The highest BCUT2D eigenvalue weighted by Gasteiger charge is 2.26. The molecule has 0 saturated heterocycles. The lowest BCUT2D eigenvalue weighted by atomic mass is 9.91. The third kappa shape index (κ3) is 2.38. The maximum Gasteiger partial charge on any atom is 0.131 e. The van der Waals surface area contributed by atoms with E-state index in [9.17, 15) is 0 Å². The van der Waals surface area contributed by atoms with Crippen molar-refractivity contribution in [3.63, 3.8) is 0 Å². The first kappa shape index (κ1) is 11.9. The predicted octanol–water partition coefficient (Wildman–Crippen LogP) is 2.50. The van der Waals surface area contributed by atoms with E-state index in [0.717, 1.165) is 15.9 Å². The molecule has 1 aliphatic carbocycles. The van der Waals surface area contributed by atoms with Gasteiger partial charge in [0.1, 0.15) is 5.82 Å². The molecule has 0 spiro atoms. The third-order valence-corrected chi connectivity index (χ3v) is 3.58. The molecule has 88 valence electrons. The van der Waals surface area contributed by atoms with Crippen molar-refractivity contribution in [2.45, 2.75) is 32.2 Å². The van der Waals surface area contributed by atoms with Gasteiger partial charge in [0.15, 0.2) is 0 Å². The second-order valence-corrected chi connectivity index (χ2v) is 5.21. The SMILES string of the molecule is Cc1cc(Br)cnc1N(CCO)C1CCC1. The molecule has 1 heterocycles. The van der Waals surface area contributed by atoms with Crippen LogP contribution in [0.4, 0.5) is 5.82 Å². The molecule has 0 radical (unpaired) electrons.